The van der Waals surface area contributed by atoms with Crippen molar-refractivity contribution in [1.29, 1.82) is 0 Å². The molecule has 1 aliphatic rings. The lowest BCUT2D eigenvalue weighted by Crippen LogP contribution is -2.45. The largest absolute Gasteiger partial charge is 0.348 e. The van der Waals surface area contributed by atoms with Gasteiger partial charge in [0, 0.05) is 41.5 Å². The van der Waals surface area contributed by atoms with Crippen molar-refractivity contribution in [3.63, 3.8) is 0 Å². The predicted molar refractivity (Wildman–Crippen MR) is 149 cm³/mol. The second kappa shape index (κ2) is 12.9. The maximum absolute atomic E-state index is 12.8. The number of rotatable bonds is 8. The summed E-state index contributed by atoms with van der Waals surface area (Å²) >= 11 is 0. The molecule has 8 nitrogen and oxygen atoms in total. The summed E-state index contributed by atoms with van der Waals surface area (Å²) in [5.41, 5.74) is 1.74. The Kier molecular flexibility index (Phi) is 9.67. The molecule has 1 saturated heterocycles. The van der Waals surface area contributed by atoms with Crippen molar-refractivity contribution in [2.24, 2.45) is 9.98 Å². The fourth-order valence-electron chi connectivity index (χ4n) is 3.97. The zero-order chi connectivity index (χ0) is 26.1. The number of fused-ring (bicyclic) bond motifs is 1. The predicted octanol–water partition coefficient (Wildman–Crippen LogP) is 3.46. The van der Waals surface area contributed by atoms with Crippen molar-refractivity contribution in [1.82, 2.24) is 15.1 Å². The van der Waals surface area contributed by atoms with Crippen molar-refractivity contribution in [3.05, 3.63) is 66.9 Å². The van der Waals surface area contributed by atoms with Crippen molar-refractivity contribution in [2.75, 3.05) is 46.1 Å². The van der Waals surface area contributed by atoms with Crippen molar-refractivity contribution >= 4 is 39.8 Å². The lowest BCUT2D eigenvalue weighted by atomic mass is 10.0. The quantitative estimate of drug-likeness (QED) is 0.338. The highest BCUT2D eigenvalue weighted by Crippen LogP contribution is 2.25. The van der Waals surface area contributed by atoms with Crippen molar-refractivity contribution in [3.8, 4) is 0 Å². The highest BCUT2D eigenvalue weighted by atomic mass is 16.2. The molecule has 0 aliphatic carbocycles. The van der Waals surface area contributed by atoms with Gasteiger partial charge >= 0.3 is 0 Å². The molecule has 0 spiro atoms. The van der Waals surface area contributed by atoms with Crippen LogP contribution in [0.5, 0.6) is 0 Å². The molecule has 8 heteroatoms. The van der Waals surface area contributed by atoms with Crippen LogP contribution in [0.15, 0.2) is 71.3 Å². The number of anilines is 1. The van der Waals surface area contributed by atoms with E-state index < -0.39 is 0 Å². The van der Waals surface area contributed by atoms with Crippen LogP contribution in [-0.4, -0.2) is 80.0 Å². The lowest BCUT2D eigenvalue weighted by molar-refractivity contribution is -0.115. The van der Waals surface area contributed by atoms with E-state index in [0.29, 0.717) is 23.8 Å². The van der Waals surface area contributed by atoms with Crippen LogP contribution in [0, 0.1) is 0 Å². The minimum Gasteiger partial charge on any atom is -0.348 e. The molecule has 3 rings (SSSR count). The molecular weight excluding hydrogens is 452 g/mol. The average Bonchev–Trinajstić information content (AvgIpc) is 2.85. The van der Waals surface area contributed by atoms with Crippen LogP contribution in [0.3, 0.4) is 0 Å². The first-order chi connectivity index (χ1) is 17.3. The number of hydrogen-bond acceptors (Lipinski definition) is 5. The molecule has 0 saturated carbocycles. The Morgan fingerprint density at radius 2 is 1.94 bits per heavy atom. The van der Waals surface area contributed by atoms with Gasteiger partial charge in [0.1, 0.15) is 5.71 Å². The normalized spacial score (nSPS) is 16.0. The molecule has 2 aromatic rings. The second-order valence-electron chi connectivity index (χ2n) is 9.28. The maximum Gasteiger partial charge on any atom is 0.265 e. The highest BCUT2D eigenvalue weighted by molar-refractivity contribution is 6.40. The van der Waals surface area contributed by atoms with Crippen LogP contribution in [0.1, 0.15) is 25.3 Å². The Bertz CT molecular complexity index is 1190. The minimum absolute atomic E-state index is 0.150. The van der Waals surface area contributed by atoms with Crippen LogP contribution in [0.2, 0.25) is 0 Å². The Balaban J connectivity index is 1.83. The summed E-state index contributed by atoms with van der Waals surface area (Å²) in [6.07, 6.45) is 6.60. The fourth-order valence-corrected chi connectivity index (χ4v) is 3.97. The number of carbonyl (C=O) groups excluding carboxylic acids is 2. The molecule has 190 valence electrons. The molecule has 0 unspecified atom stereocenters. The van der Waals surface area contributed by atoms with E-state index in [4.69, 9.17) is 0 Å². The number of hydrogen-bond donors (Lipinski definition) is 2. The number of carbonyl (C=O) groups is 2. The number of amides is 2. The first-order valence-corrected chi connectivity index (χ1v) is 12.2. The third-order valence-corrected chi connectivity index (χ3v) is 6.01. The van der Waals surface area contributed by atoms with Gasteiger partial charge in [0.25, 0.3) is 5.91 Å². The molecule has 0 aromatic heterocycles. The van der Waals surface area contributed by atoms with E-state index in [9.17, 15) is 9.59 Å². The van der Waals surface area contributed by atoms with Crippen LogP contribution >= 0.6 is 0 Å². The van der Waals surface area contributed by atoms with E-state index in [0.717, 1.165) is 42.3 Å². The molecule has 36 heavy (non-hydrogen) atoms. The van der Waals surface area contributed by atoms with Gasteiger partial charge in [-0.2, -0.15) is 0 Å². The second-order valence-corrected chi connectivity index (χ2v) is 9.28. The number of amidine groups is 1. The van der Waals surface area contributed by atoms with Crippen LogP contribution in [0.25, 0.3) is 10.8 Å². The van der Waals surface area contributed by atoms with Gasteiger partial charge in [0.2, 0.25) is 5.91 Å². The van der Waals surface area contributed by atoms with Gasteiger partial charge in [-0.15, -0.1) is 0 Å². The van der Waals surface area contributed by atoms with Crippen LogP contribution in [0.4, 0.5) is 5.69 Å². The molecule has 1 aliphatic heterocycles. The summed E-state index contributed by atoms with van der Waals surface area (Å²) in [6, 6.07) is 11.7. The third-order valence-electron chi connectivity index (χ3n) is 6.01. The summed E-state index contributed by atoms with van der Waals surface area (Å²) in [6.45, 7) is 8.00. The summed E-state index contributed by atoms with van der Waals surface area (Å²) in [5, 5.41) is 7.86. The van der Waals surface area contributed by atoms with Gasteiger partial charge < -0.3 is 20.4 Å². The Morgan fingerprint density at radius 3 is 2.64 bits per heavy atom. The zero-order valence-electron chi connectivity index (χ0n) is 21.6. The van der Waals surface area contributed by atoms with Gasteiger partial charge in [-0.05, 0) is 71.5 Å². The minimum atomic E-state index is -0.200. The number of piperidine rings is 1. The number of nitrogens with one attached hydrogen (secondary N) is 2. The highest BCUT2D eigenvalue weighted by Gasteiger charge is 2.20. The monoisotopic (exact) mass is 488 g/mol. The lowest BCUT2D eigenvalue weighted by Gasteiger charge is -2.29. The Hall–Kier alpha value is -3.62. The standard InChI is InChI=1S/C28H36N6O2/c1-6-29-27(30-20(2)28(36)31-23-14-17-34(5)18-15-23)22-13-12-21-9-7-10-25(24(21)19-22)32-26(35)11-8-16-33(3)4/h6-13,19,23H,1,14-18H2,2-5H3,(H,31,36)(H,32,35)/b11-8+,29-27-,30-20+. The van der Waals surface area contributed by atoms with E-state index in [-0.39, 0.29) is 17.9 Å². The van der Waals surface area contributed by atoms with E-state index >= 15 is 0 Å². The number of likely N-dealkylation sites (tertiary alicyclic amines) is 1. The van der Waals surface area contributed by atoms with E-state index in [1.54, 1.807) is 6.92 Å². The van der Waals surface area contributed by atoms with Crippen LogP contribution in [-0.2, 0) is 9.59 Å². The third kappa shape index (κ3) is 7.69. The van der Waals surface area contributed by atoms with E-state index in [1.165, 1.54) is 12.3 Å². The SMILES string of the molecule is C=C/N=C(\N=C(/C)C(=O)NC1CCN(C)CC1)c1ccc2cccc(NC(=O)/C=C/CN(C)C)c2c1. The first kappa shape index (κ1) is 27.0. The topological polar surface area (TPSA) is 89.4 Å². The average molecular weight is 489 g/mol. The number of aliphatic imine (C=N–C) groups is 2. The summed E-state index contributed by atoms with van der Waals surface area (Å²) in [7, 11) is 5.98. The molecule has 0 radical (unpaired) electrons. The Morgan fingerprint density at radius 1 is 1.19 bits per heavy atom. The van der Waals surface area contributed by atoms with Crippen molar-refractivity contribution in [2.45, 2.75) is 25.8 Å². The molecule has 2 N–H and O–H groups in total. The van der Waals surface area contributed by atoms with E-state index in [1.807, 2.05) is 61.5 Å². The smallest absolute Gasteiger partial charge is 0.265 e. The number of benzene rings is 2. The molecule has 2 aromatic carbocycles. The first-order valence-electron chi connectivity index (χ1n) is 12.2. The molecule has 0 bridgehead atoms. The fraction of sp³-hybridized carbons (Fsp3) is 0.357. The van der Waals surface area contributed by atoms with Gasteiger partial charge in [-0.1, -0.05) is 36.9 Å². The van der Waals surface area contributed by atoms with E-state index in [2.05, 4.69) is 39.1 Å². The summed E-state index contributed by atoms with van der Waals surface area (Å²) < 4.78 is 0. The molecular formula is C28H36N6O2. The maximum atomic E-state index is 12.8. The van der Waals surface area contributed by atoms with Gasteiger partial charge in [-0.25, -0.2) is 9.98 Å². The number of nitrogens with zero attached hydrogens (tertiary/aromatic N) is 4. The summed E-state index contributed by atoms with van der Waals surface area (Å²) in [5.74, 6) is -0.0105. The molecule has 2 amide bonds. The Labute approximate surface area is 213 Å². The molecule has 1 fully saturated rings. The number of likely N-dealkylation sites (N-methyl/N-ethyl adjacent to an activating group) is 1. The molecule has 0 atom stereocenters. The van der Waals surface area contributed by atoms with Gasteiger partial charge in [-0.3, -0.25) is 9.59 Å². The van der Waals surface area contributed by atoms with Crippen molar-refractivity contribution < 1.29 is 9.59 Å². The van der Waals surface area contributed by atoms with Crippen LogP contribution < -0.4 is 10.6 Å². The zero-order valence-corrected chi connectivity index (χ0v) is 21.6. The van der Waals surface area contributed by atoms with Gasteiger partial charge in [0.15, 0.2) is 5.84 Å². The van der Waals surface area contributed by atoms with Gasteiger partial charge in [0.05, 0.1) is 0 Å². The molecule has 1 heterocycles. The summed E-state index contributed by atoms with van der Waals surface area (Å²) in [4.78, 5) is 38.3.